The zero-order valence-corrected chi connectivity index (χ0v) is 11.7. The first-order valence-corrected chi connectivity index (χ1v) is 6.06. The molecule has 6 heteroatoms. The van der Waals surface area contributed by atoms with Crippen LogP contribution in [-0.4, -0.2) is 55.4 Å². The number of amides is 2. The molecule has 0 radical (unpaired) electrons. The van der Waals surface area contributed by atoms with Gasteiger partial charge in [-0.2, -0.15) is 0 Å². The predicted octanol–water partition coefficient (Wildman–Crippen LogP) is 1.17. The summed E-state index contributed by atoms with van der Waals surface area (Å²) in [6, 6.07) is -0.365. The molecule has 0 aliphatic carbocycles. The minimum Gasteiger partial charge on any atom is -0.480 e. The van der Waals surface area contributed by atoms with Crippen molar-refractivity contribution in [2.24, 2.45) is 5.41 Å². The van der Waals surface area contributed by atoms with E-state index in [0.29, 0.717) is 13.2 Å². The van der Waals surface area contributed by atoms with Crippen LogP contribution < -0.4 is 5.32 Å². The molecule has 0 bridgehead atoms. The maximum atomic E-state index is 11.8. The second-order valence-electron chi connectivity index (χ2n) is 4.98. The molecule has 0 rings (SSSR count). The van der Waals surface area contributed by atoms with Crippen LogP contribution in [0.2, 0.25) is 0 Å². The molecule has 0 aromatic rings. The van der Waals surface area contributed by atoms with Crippen molar-refractivity contribution in [1.82, 2.24) is 10.2 Å². The minimum atomic E-state index is -1.03. The number of nitrogens with one attached hydrogen (secondary N) is 1. The van der Waals surface area contributed by atoms with E-state index >= 15 is 0 Å². The summed E-state index contributed by atoms with van der Waals surface area (Å²) in [5, 5.41) is 11.5. The summed E-state index contributed by atoms with van der Waals surface area (Å²) in [4.78, 5) is 23.7. The van der Waals surface area contributed by atoms with Crippen molar-refractivity contribution in [1.29, 1.82) is 0 Å². The Kier molecular flexibility index (Phi) is 7.35. The van der Waals surface area contributed by atoms with Crippen LogP contribution in [0.3, 0.4) is 0 Å². The highest BCUT2D eigenvalue weighted by molar-refractivity contribution is 5.80. The van der Waals surface area contributed by atoms with Crippen LogP contribution in [0, 0.1) is 5.41 Å². The van der Waals surface area contributed by atoms with Gasteiger partial charge in [0.25, 0.3) is 0 Å². The van der Waals surface area contributed by atoms with Gasteiger partial charge in [0, 0.05) is 20.2 Å². The number of rotatable bonds is 8. The van der Waals surface area contributed by atoms with Crippen molar-refractivity contribution in [3.05, 3.63) is 0 Å². The van der Waals surface area contributed by atoms with Crippen molar-refractivity contribution in [2.75, 3.05) is 33.4 Å². The van der Waals surface area contributed by atoms with Gasteiger partial charge in [-0.05, 0) is 11.8 Å². The Morgan fingerprint density at radius 3 is 2.44 bits per heavy atom. The Labute approximate surface area is 108 Å². The van der Waals surface area contributed by atoms with E-state index in [0.717, 1.165) is 6.42 Å². The normalized spacial score (nSPS) is 11.1. The van der Waals surface area contributed by atoms with Gasteiger partial charge in [-0.3, -0.25) is 4.79 Å². The molecule has 0 unspecified atom stereocenters. The lowest BCUT2D eigenvalue weighted by Crippen LogP contribution is -2.46. The Hall–Kier alpha value is -1.30. The molecular formula is C12H24N2O4. The summed E-state index contributed by atoms with van der Waals surface area (Å²) in [5.74, 6) is -1.03. The fourth-order valence-corrected chi connectivity index (χ4v) is 1.17. The quantitative estimate of drug-likeness (QED) is 0.686. The van der Waals surface area contributed by atoms with Crippen LogP contribution >= 0.6 is 0 Å². The van der Waals surface area contributed by atoms with Crippen LogP contribution in [0.1, 0.15) is 27.2 Å². The van der Waals surface area contributed by atoms with E-state index in [2.05, 4.69) is 5.32 Å². The molecule has 0 saturated carbocycles. The van der Waals surface area contributed by atoms with Crippen LogP contribution in [0.4, 0.5) is 4.79 Å². The van der Waals surface area contributed by atoms with Gasteiger partial charge < -0.3 is 20.1 Å². The summed E-state index contributed by atoms with van der Waals surface area (Å²) in [6.45, 7) is 6.92. The summed E-state index contributed by atoms with van der Waals surface area (Å²) in [6.07, 6.45) is 0.935. The molecule has 0 aliphatic rings. The van der Waals surface area contributed by atoms with Gasteiger partial charge in [-0.1, -0.05) is 20.8 Å². The number of ether oxygens (including phenoxy) is 1. The minimum absolute atomic E-state index is 0.00576. The van der Waals surface area contributed by atoms with E-state index in [9.17, 15) is 9.59 Å². The number of carboxylic acids is 1. The third-order valence-electron chi connectivity index (χ3n) is 2.85. The zero-order chi connectivity index (χ0) is 14.2. The summed E-state index contributed by atoms with van der Waals surface area (Å²) in [5.41, 5.74) is 0.00576. The molecule has 106 valence electrons. The number of carboxylic acid groups (broad SMARTS) is 1. The van der Waals surface area contributed by atoms with Crippen LogP contribution in [0.15, 0.2) is 0 Å². The smallest absolute Gasteiger partial charge is 0.323 e. The average Bonchev–Trinajstić information content (AvgIpc) is 2.31. The van der Waals surface area contributed by atoms with Crippen LogP contribution in [0.5, 0.6) is 0 Å². The third kappa shape index (κ3) is 7.11. The molecule has 0 heterocycles. The molecule has 6 nitrogen and oxygen atoms in total. The SMILES string of the molecule is CCC(C)(C)CNC(=O)N(CCOC)CC(=O)O. The van der Waals surface area contributed by atoms with Gasteiger partial charge in [-0.15, -0.1) is 0 Å². The van der Waals surface area contributed by atoms with Crippen molar-refractivity contribution < 1.29 is 19.4 Å². The van der Waals surface area contributed by atoms with E-state index in [-0.39, 0.29) is 24.5 Å². The molecule has 0 saturated heterocycles. The number of aliphatic carboxylic acids is 1. The number of carbonyl (C=O) groups is 2. The number of carbonyl (C=O) groups excluding carboxylic acids is 1. The number of urea groups is 1. The van der Waals surface area contributed by atoms with E-state index in [1.807, 2.05) is 20.8 Å². The van der Waals surface area contributed by atoms with Crippen molar-refractivity contribution in [3.8, 4) is 0 Å². The third-order valence-corrected chi connectivity index (χ3v) is 2.85. The average molecular weight is 260 g/mol. The van der Waals surface area contributed by atoms with E-state index < -0.39 is 5.97 Å². The molecular weight excluding hydrogens is 236 g/mol. The van der Waals surface area contributed by atoms with Crippen molar-refractivity contribution in [2.45, 2.75) is 27.2 Å². The Balaban J connectivity index is 4.32. The highest BCUT2D eigenvalue weighted by atomic mass is 16.5. The topological polar surface area (TPSA) is 78.9 Å². The highest BCUT2D eigenvalue weighted by Gasteiger charge is 2.20. The van der Waals surface area contributed by atoms with Crippen LogP contribution in [-0.2, 0) is 9.53 Å². The molecule has 0 fully saturated rings. The fraction of sp³-hybridized carbons (Fsp3) is 0.833. The molecule has 2 amide bonds. The first-order valence-electron chi connectivity index (χ1n) is 6.06. The van der Waals surface area contributed by atoms with Gasteiger partial charge in [0.15, 0.2) is 0 Å². The number of methoxy groups -OCH3 is 1. The van der Waals surface area contributed by atoms with Gasteiger partial charge in [0.1, 0.15) is 6.54 Å². The van der Waals surface area contributed by atoms with E-state index in [1.165, 1.54) is 12.0 Å². The number of hydrogen-bond donors (Lipinski definition) is 2. The first-order chi connectivity index (χ1) is 8.32. The molecule has 0 atom stereocenters. The molecule has 0 aliphatic heterocycles. The van der Waals surface area contributed by atoms with Gasteiger partial charge in [0.2, 0.25) is 0 Å². The lowest BCUT2D eigenvalue weighted by molar-refractivity contribution is -0.137. The van der Waals surface area contributed by atoms with Gasteiger partial charge in [-0.25, -0.2) is 4.79 Å². The molecule has 18 heavy (non-hydrogen) atoms. The second kappa shape index (κ2) is 7.92. The molecule has 2 N–H and O–H groups in total. The monoisotopic (exact) mass is 260 g/mol. The van der Waals surface area contributed by atoms with Gasteiger partial charge in [0.05, 0.1) is 6.61 Å². The Bertz CT molecular complexity index is 279. The van der Waals surface area contributed by atoms with E-state index in [4.69, 9.17) is 9.84 Å². The second-order valence-corrected chi connectivity index (χ2v) is 4.98. The highest BCUT2D eigenvalue weighted by Crippen LogP contribution is 2.17. The van der Waals surface area contributed by atoms with Gasteiger partial charge >= 0.3 is 12.0 Å². The number of nitrogens with zero attached hydrogens (tertiary/aromatic N) is 1. The predicted molar refractivity (Wildman–Crippen MR) is 68.6 cm³/mol. The summed E-state index contributed by atoms with van der Waals surface area (Å²) in [7, 11) is 1.51. The molecule has 0 aromatic carbocycles. The lowest BCUT2D eigenvalue weighted by atomic mass is 9.90. The van der Waals surface area contributed by atoms with Crippen LogP contribution in [0.25, 0.3) is 0 Å². The van der Waals surface area contributed by atoms with Crippen molar-refractivity contribution >= 4 is 12.0 Å². The largest absolute Gasteiger partial charge is 0.480 e. The maximum absolute atomic E-state index is 11.8. The summed E-state index contributed by atoms with van der Waals surface area (Å²) >= 11 is 0. The van der Waals surface area contributed by atoms with E-state index in [1.54, 1.807) is 0 Å². The maximum Gasteiger partial charge on any atom is 0.323 e. The molecule has 0 aromatic heterocycles. The molecule has 0 spiro atoms. The van der Waals surface area contributed by atoms with Crippen molar-refractivity contribution in [3.63, 3.8) is 0 Å². The Morgan fingerprint density at radius 2 is 2.00 bits per heavy atom. The zero-order valence-electron chi connectivity index (χ0n) is 11.7. The summed E-state index contributed by atoms with van der Waals surface area (Å²) < 4.78 is 4.86. The lowest BCUT2D eigenvalue weighted by Gasteiger charge is -2.26. The first kappa shape index (κ1) is 16.7. The standard InChI is InChI=1S/C12H24N2O4/c1-5-12(2,3)9-13-11(17)14(6-7-18-4)8-10(15)16/h5-9H2,1-4H3,(H,13,17)(H,15,16). The number of hydrogen-bond acceptors (Lipinski definition) is 3. The Morgan fingerprint density at radius 1 is 1.39 bits per heavy atom. The fourth-order valence-electron chi connectivity index (χ4n) is 1.17.